The lowest BCUT2D eigenvalue weighted by Crippen LogP contribution is -2.00. The maximum Gasteiger partial charge on any atom is 0.125 e. The molecule has 0 heterocycles. The standard InChI is InChI=1S/C12H14FN/c1-3-4-5-6-14-12-8-10(2)7-11(13)9-12/h7-9,14H,5-6H2,1-2H3. The normalized spacial score (nSPS) is 9.07. The van der Waals surface area contributed by atoms with E-state index in [1.54, 1.807) is 0 Å². The van der Waals surface area contributed by atoms with Gasteiger partial charge in [-0.2, -0.15) is 0 Å². The highest BCUT2D eigenvalue weighted by Crippen LogP contribution is 2.12. The molecular weight excluding hydrogens is 177 g/mol. The van der Waals surface area contributed by atoms with Crippen LogP contribution in [0.25, 0.3) is 0 Å². The average Bonchev–Trinajstić information content (AvgIpc) is 2.11. The molecule has 14 heavy (non-hydrogen) atoms. The van der Waals surface area contributed by atoms with Crippen molar-refractivity contribution >= 4 is 5.69 Å². The van der Waals surface area contributed by atoms with Crippen LogP contribution in [-0.4, -0.2) is 6.54 Å². The second-order valence-electron chi connectivity index (χ2n) is 3.12. The molecule has 1 nitrogen and oxygen atoms in total. The van der Waals surface area contributed by atoms with Crippen LogP contribution in [0.1, 0.15) is 18.9 Å². The second kappa shape index (κ2) is 5.29. The fourth-order valence-electron chi connectivity index (χ4n) is 1.23. The Bertz CT molecular complexity index is 340. The van der Waals surface area contributed by atoms with Gasteiger partial charge in [0, 0.05) is 18.7 Å². The molecule has 0 fully saturated rings. The van der Waals surface area contributed by atoms with Gasteiger partial charge < -0.3 is 5.32 Å². The summed E-state index contributed by atoms with van der Waals surface area (Å²) in [6.45, 7) is 4.44. The molecule has 0 aliphatic heterocycles. The summed E-state index contributed by atoms with van der Waals surface area (Å²) in [4.78, 5) is 0. The minimum atomic E-state index is -0.200. The SMILES string of the molecule is CC#CCCNc1cc(C)cc(F)c1. The van der Waals surface area contributed by atoms with Crippen LogP contribution in [0.5, 0.6) is 0 Å². The fourth-order valence-corrected chi connectivity index (χ4v) is 1.23. The van der Waals surface area contributed by atoms with Crippen LogP contribution in [0.2, 0.25) is 0 Å². The van der Waals surface area contributed by atoms with E-state index >= 15 is 0 Å². The van der Waals surface area contributed by atoms with Crippen molar-refractivity contribution in [3.63, 3.8) is 0 Å². The van der Waals surface area contributed by atoms with Crippen LogP contribution in [0.15, 0.2) is 18.2 Å². The zero-order valence-corrected chi connectivity index (χ0v) is 8.52. The summed E-state index contributed by atoms with van der Waals surface area (Å²) in [6, 6.07) is 4.92. The number of aryl methyl sites for hydroxylation is 1. The van der Waals surface area contributed by atoms with Crippen LogP contribution in [-0.2, 0) is 0 Å². The zero-order valence-electron chi connectivity index (χ0n) is 8.52. The van der Waals surface area contributed by atoms with Gasteiger partial charge in [-0.25, -0.2) is 4.39 Å². The summed E-state index contributed by atoms with van der Waals surface area (Å²) in [6.07, 6.45) is 0.784. The Morgan fingerprint density at radius 3 is 2.79 bits per heavy atom. The van der Waals surface area contributed by atoms with Crippen molar-refractivity contribution in [1.29, 1.82) is 0 Å². The Hall–Kier alpha value is -1.49. The number of hydrogen-bond acceptors (Lipinski definition) is 1. The molecule has 0 radical (unpaired) electrons. The number of rotatable bonds is 3. The number of benzene rings is 1. The van der Waals surface area contributed by atoms with Crippen LogP contribution >= 0.6 is 0 Å². The summed E-state index contributed by atoms with van der Waals surface area (Å²) in [7, 11) is 0. The first-order valence-corrected chi connectivity index (χ1v) is 4.63. The van der Waals surface area contributed by atoms with Crippen LogP contribution in [0.4, 0.5) is 10.1 Å². The van der Waals surface area contributed by atoms with Gasteiger partial charge in [-0.3, -0.25) is 0 Å². The molecule has 0 bridgehead atoms. The highest BCUT2D eigenvalue weighted by atomic mass is 19.1. The number of nitrogens with one attached hydrogen (secondary N) is 1. The minimum absolute atomic E-state index is 0.200. The molecule has 0 spiro atoms. The van der Waals surface area contributed by atoms with Gasteiger partial charge in [0.2, 0.25) is 0 Å². The molecule has 0 aliphatic rings. The van der Waals surface area contributed by atoms with Crippen molar-refractivity contribution in [3.05, 3.63) is 29.6 Å². The Morgan fingerprint density at radius 2 is 2.14 bits per heavy atom. The highest BCUT2D eigenvalue weighted by molar-refractivity contribution is 5.46. The lowest BCUT2D eigenvalue weighted by molar-refractivity contribution is 0.627. The summed E-state index contributed by atoms with van der Waals surface area (Å²) >= 11 is 0. The predicted molar refractivity (Wildman–Crippen MR) is 57.7 cm³/mol. The summed E-state index contributed by atoms with van der Waals surface area (Å²) < 4.78 is 12.9. The first kappa shape index (κ1) is 10.6. The topological polar surface area (TPSA) is 12.0 Å². The van der Waals surface area contributed by atoms with E-state index in [0.29, 0.717) is 0 Å². The molecule has 0 saturated carbocycles. The molecule has 1 N–H and O–H groups in total. The monoisotopic (exact) mass is 191 g/mol. The Kier molecular flexibility index (Phi) is 4.00. The molecule has 0 aromatic heterocycles. The number of halogens is 1. The van der Waals surface area contributed by atoms with E-state index in [1.807, 2.05) is 19.9 Å². The van der Waals surface area contributed by atoms with Crippen molar-refractivity contribution in [2.24, 2.45) is 0 Å². The third kappa shape index (κ3) is 3.49. The van der Waals surface area contributed by atoms with Crippen molar-refractivity contribution in [2.45, 2.75) is 20.3 Å². The second-order valence-corrected chi connectivity index (χ2v) is 3.12. The predicted octanol–water partition coefficient (Wildman–Crippen LogP) is 2.96. The van der Waals surface area contributed by atoms with E-state index in [1.165, 1.54) is 12.1 Å². The molecule has 1 rings (SSSR count). The van der Waals surface area contributed by atoms with Gasteiger partial charge in [0.25, 0.3) is 0 Å². The van der Waals surface area contributed by atoms with Gasteiger partial charge in [-0.05, 0) is 37.6 Å². The number of anilines is 1. The van der Waals surface area contributed by atoms with Crippen molar-refractivity contribution in [3.8, 4) is 11.8 Å². The van der Waals surface area contributed by atoms with Gasteiger partial charge >= 0.3 is 0 Å². The average molecular weight is 191 g/mol. The highest BCUT2D eigenvalue weighted by Gasteiger charge is 1.96. The molecule has 2 heteroatoms. The molecule has 0 amide bonds. The molecule has 0 unspecified atom stereocenters. The third-order valence-corrected chi connectivity index (χ3v) is 1.80. The molecule has 1 aromatic carbocycles. The van der Waals surface area contributed by atoms with Gasteiger partial charge in [0.1, 0.15) is 5.82 Å². The molecule has 0 aliphatic carbocycles. The first-order chi connectivity index (χ1) is 6.72. The maximum absolute atomic E-state index is 12.9. The number of hydrogen-bond donors (Lipinski definition) is 1. The van der Waals surface area contributed by atoms with E-state index in [-0.39, 0.29) is 5.82 Å². The molecule has 0 saturated heterocycles. The van der Waals surface area contributed by atoms with E-state index in [4.69, 9.17) is 0 Å². The molecule has 74 valence electrons. The lowest BCUT2D eigenvalue weighted by Gasteiger charge is -2.05. The van der Waals surface area contributed by atoms with Gasteiger partial charge in [0.05, 0.1) is 0 Å². The summed E-state index contributed by atoms with van der Waals surface area (Å²) in [5, 5.41) is 3.12. The van der Waals surface area contributed by atoms with E-state index in [0.717, 1.165) is 24.2 Å². The van der Waals surface area contributed by atoms with Crippen LogP contribution < -0.4 is 5.32 Å². The van der Waals surface area contributed by atoms with E-state index in [9.17, 15) is 4.39 Å². The lowest BCUT2D eigenvalue weighted by atomic mass is 10.2. The molecule has 1 aromatic rings. The smallest absolute Gasteiger partial charge is 0.125 e. The zero-order chi connectivity index (χ0) is 10.4. The fraction of sp³-hybridized carbons (Fsp3) is 0.333. The van der Waals surface area contributed by atoms with Crippen molar-refractivity contribution < 1.29 is 4.39 Å². The Morgan fingerprint density at radius 1 is 1.36 bits per heavy atom. The van der Waals surface area contributed by atoms with Crippen LogP contribution in [0, 0.1) is 24.6 Å². The largest absolute Gasteiger partial charge is 0.384 e. The Balaban J connectivity index is 2.53. The van der Waals surface area contributed by atoms with Crippen molar-refractivity contribution in [1.82, 2.24) is 0 Å². The Labute approximate surface area is 84.3 Å². The quantitative estimate of drug-likeness (QED) is 0.572. The molecule has 0 atom stereocenters. The minimum Gasteiger partial charge on any atom is -0.384 e. The third-order valence-electron chi connectivity index (χ3n) is 1.80. The van der Waals surface area contributed by atoms with Gasteiger partial charge in [-0.15, -0.1) is 11.8 Å². The van der Waals surface area contributed by atoms with Gasteiger partial charge in [-0.1, -0.05) is 0 Å². The van der Waals surface area contributed by atoms with Crippen molar-refractivity contribution in [2.75, 3.05) is 11.9 Å². The van der Waals surface area contributed by atoms with Gasteiger partial charge in [0.15, 0.2) is 0 Å². The summed E-state index contributed by atoms with van der Waals surface area (Å²) in [5.74, 6) is 5.55. The summed E-state index contributed by atoms with van der Waals surface area (Å²) in [5.41, 5.74) is 1.74. The first-order valence-electron chi connectivity index (χ1n) is 4.63. The molecular formula is C12H14FN. The van der Waals surface area contributed by atoms with Crippen LogP contribution in [0.3, 0.4) is 0 Å². The van der Waals surface area contributed by atoms with E-state index < -0.39 is 0 Å². The maximum atomic E-state index is 12.9. The van der Waals surface area contributed by atoms with E-state index in [2.05, 4.69) is 17.2 Å².